The van der Waals surface area contributed by atoms with Crippen LogP contribution in [0.25, 0.3) is 17.2 Å². The molecule has 0 bridgehead atoms. The molecule has 3 aromatic carbocycles. The highest BCUT2D eigenvalue weighted by atomic mass is 32.2. The van der Waals surface area contributed by atoms with E-state index in [1.165, 1.54) is 0 Å². The minimum Gasteiger partial charge on any atom is -0.494 e. The standard InChI is InChI=1S/C30H33N3O2S/c1-3-5-19-34-28-13-9-25(10-14-28)26-8-6-7-24(21-26)17-20-35-32-27-11-15-29(16-12-27)36-30-22-31-23-33(30)18-4-2/h6-17,20-23,32H,3-5,18-19H2,1-2H3/b20-17-. The molecule has 1 N–H and O–H groups in total. The molecule has 0 saturated carbocycles. The van der Waals surface area contributed by atoms with E-state index >= 15 is 0 Å². The number of aryl methyl sites for hydroxylation is 1. The number of rotatable bonds is 13. The molecule has 5 nitrogen and oxygen atoms in total. The van der Waals surface area contributed by atoms with E-state index in [9.17, 15) is 0 Å². The van der Waals surface area contributed by atoms with Crippen LogP contribution in [0.1, 0.15) is 38.7 Å². The van der Waals surface area contributed by atoms with Gasteiger partial charge in [0.25, 0.3) is 0 Å². The summed E-state index contributed by atoms with van der Waals surface area (Å²) in [4.78, 5) is 11.0. The van der Waals surface area contributed by atoms with Gasteiger partial charge < -0.3 is 14.1 Å². The molecule has 4 aromatic rings. The number of nitrogens with zero attached hydrogens (tertiary/aromatic N) is 2. The van der Waals surface area contributed by atoms with Crippen molar-refractivity contribution in [2.45, 2.75) is 49.6 Å². The average molecular weight is 500 g/mol. The Morgan fingerprint density at radius 3 is 2.56 bits per heavy atom. The lowest BCUT2D eigenvalue weighted by molar-refractivity contribution is 0.309. The van der Waals surface area contributed by atoms with Gasteiger partial charge in [-0.25, -0.2) is 10.5 Å². The van der Waals surface area contributed by atoms with E-state index in [0.29, 0.717) is 0 Å². The summed E-state index contributed by atoms with van der Waals surface area (Å²) in [7, 11) is 0. The summed E-state index contributed by atoms with van der Waals surface area (Å²) < 4.78 is 7.95. The zero-order valence-corrected chi connectivity index (χ0v) is 21.7. The molecule has 186 valence electrons. The van der Waals surface area contributed by atoms with Gasteiger partial charge in [0, 0.05) is 11.4 Å². The van der Waals surface area contributed by atoms with Crippen molar-refractivity contribution in [1.82, 2.24) is 9.55 Å². The van der Waals surface area contributed by atoms with E-state index < -0.39 is 0 Å². The van der Waals surface area contributed by atoms with Crippen LogP contribution >= 0.6 is 11.8 Å². The van der Waals surface area contributed by atoms with Gasteiger partial charge in [0.05, 0.1) is 29.8 Å². The van der Waals surface area contributed by atoms with Crippen LogP contribution in [-0.4, -0.2) is 16.2 Å². The van der Waals surface area contributed by atoms with Crippen LogP contribution in [0, 0.1) is 0 Å². The van der Waals surface area contributed by atoms with E-state index in [-0.39, 0.29) is 0 Å². The fraction of sp³-hybridized carbons (Fsp3) is 0.233. The summed E-state index contributed by atoms with van der Waals surface area (Å²) >= 11 is 1.71. The highest BCUT2D eigenvalue weighted by molar-refractivity contribution is 7.99. The lowest BCUT2D eigenvalue weighted by Gasteiger charge is -2.08. The van der Waals surface area contributed by atoms with Crippen molar-refractivity contribution >= 4 is 23.5 Å². The molecule has 4 rings (SSSR count). The maximum Gasteiger partial charge on any atom is 0.119 e. The Morgan fingerprint density at radius 2 is 1.78 bits per heavy atom. The van der Waals surface area contributed by atoms with Crippen molar-refractivity contribution in [1.29, 1.82) is 0 Å². The van der Waals surface area contributed by atoms with Crippen molar-refractivity contribution in [2.24, 2.45) is 0 Å². The molecular weight excluding hydrogens is 466 g/mol. The first-order chi connectivity index (χ1) is 17.7. The highest BCUT2D eigenvalue weighted by Crippen LogP contribution is 2.28. The third-order valence-corrected chi connectivity index (χ3v) is 6.62. The van der Waals surface area contributed by atoms with Crippen molar-refractivity contribution in [3.63, 3.8) is 0 Å². The van der Waals surface area contributed by atoms with Crippen molar-refractivity contribution in [3.8, 4) is 16.9 Å². The predicted octanol–water partition coefficient (Wildman–Crippen LogP) is 8.30. The summed E-state index contributed by atoms with van der Waals surface area (Å²) in [6.07, 6.45) is 10.7. The van der Waals surface area contributed by atoms with Crippen LogP contribution in [-0.2, 0) is 11.4 Å². The Bertz CT molecular complexity index is 1230. The van der Waals surface area contributed by atoms with Gasteiger partial charge in [-0.3, -0.25) is 0 Å². The Balaban J connectivity index is 1.28. The van der Waals surface area contributed by atoms with Crippen LogP contribution in [0.3, 0.4) is 0 Å². The normalized spacial score (nSPS) is 11.1. The summed E-state index contributed by atoms with van der Waals surface area (Å²) in [6.45, 7) is 6.08. The van der Waals surface area contributed by atoms with Gasteiger partial charge in [-0.2, -0.15) is 0 Å². The van der Waals surface area contributed by atoms with E-state index in [4.69, 9.17) is 9.57 Å². The van der Waals surface area contributed by atoms with Crippen LogP contribution < -0.4 is 10.2 Å². The molecule has 0 fully saturated rings. The summed E-state index contributed by atoms with van der Waals surface area (Å²) in [5, 5.41) is 1.15. The van der Waals surface area contributed by atoms with E-state index in [2.05, 4.69) is 77.4 Å². The molecule has 0 spiro atoms. The number of aromatic nitrogens is 2. The second kappa shape index (κ2) is 13.4. The lowest BCUT2D eigenvalue weighted by Crippen LogP contribution is -1.96. The average Bonchev–Trinajstić information content (AvgIpc) is 3.35. The van der Waals surface area contributed by atoms with Crippen molar-refractivity contribution in [2.75, 3.05) is 12.1 Å². The molecule has 1 aromatic heterocycles. The molecular formula is C30H33N3O2S. The third kappa shape index (κ3) is 7.43. The fourth-order valence-corrected chi connectivity index (χ4v) is 4.51. The molecule has 0 atom stereocenters. The molecule has 6 heteroatoms. The zero-order valence-electron chi connectivity index (χ0n) is 20.9. The summed E-state index contributed by atoms with van der Waals surface area (Å²) in [6, 6.07) is 24.8. The van der Waals surface area contributed by atoms with Gasteiger partial charge in [0.15, 0.2) is 0 Å². The number of hydrogen-bond acceptors (Lipinski definition) is 5. The number of imidazole rings is 1. The summed E-state index contributed by atoms with van der Waals surface area (Å²) in [5.41, 5.74) is 7.24. The lowest BCUT2D eigenvalue weighted by atomic mass is 10.0. The van der Waals surface area contributed by atoms with Crippen LogP contribution in [0.5, 0.6) is 5.75 Å². The van der Waals surface area contributed by atoms with Gasteiger partial charge in [0.1, 0.15) is 12.0 Å². The number of hydrogen-bond donors (Lipinski definition) is 1. The molecule has 0 amide bonds. The molecule has 0 aliphatic heterocycles. The minimum absolute atomic E-state index is 0.763. The first-order valence-corrected chi connectivity index (χ1v) is 13.3. The zero-order chi connectivity index (χ0) is 25.0. The molecule has 0 aliphatic carbocycles. The number of anilines is 1. The monoisotopic (exact) mass is 499 g/mol. The second-order valence-corrected chi connectivity index (χ2v) is 9.52. The minimum atomic E-state index is 0.763. The fourth-order valence-electron chi connectivity index (χ4n) is 3.63. The van der Waals surface area contributed by atoms with Gasteiger partial charge in [-0.05, 0) is 78.1 Å². The second-order valence-electron chi connectivity index (χ2n) is 8.43. The van der Waals surface area contributed by atoms with E-state index in [1.54, 1.807) is 18.0 Å². The van der Waals surface area contributed by atoms with Crippen LogP contribution in [0.15, 0.2) is 102 Å². The Morgan fingerprint density at radius 1 is 0.944 bits per heavy atom. The third-order valence-electron chi connectivity index (χ3n) is 5.56. The van der Waals surface area contributed by atoms with Gasteiger partial charge >= 0.3 is 0 Å². The quantitative estimate of drug-likeness (QED) is 0.114. The van der Waals surface area contributed by atoms with E-state index in [0.717, 1.165) is 70.5 Å². The maximum absolute atomic E-state index is 5.77. The molecule has 0 radical (unpaired) electrons. The highest BCUT2D eigenvalue weighted by Gasteiger charge is 2.04. The number of nitrogens with one attached hydrogen (secondary N) is 1. The first-order valence-electron chi connectivity index (χ1n) is 12.4. The first kappa shape index (κ1) is 25.5. The molecule has 36 heavy (non-hydrogen) atoms. The van der Waals surface area contributed by atoms with Crippen LogP contribution in [0.2, 0.25) is 0 Å². The Kier molecular flexibility index (Phi) is 9.51. The maximum atomic E-state index is 5.77. The topological polar surface area (TPSA) is 48.3 Å². The van der Waals surface area contributed by atoms with Gasteiger partial charge in [0.2, 0.25) is 0 Å². The molecule has 0 aliphatic rings. The van der Waals surface area contributed by atoms with Crippen molar-refractivity contribution in [3.05, 3.63) is 97.1 Å². The summed E-state index contributed by atoms with van der Waals surface area (Å²) in [5.74, 6) is 0.914. The number of ether oxygens (including phenoxy) is 1. The number of unbranched alkanes of at least 4 members (excludes halogenated alkanes) is 1. The Hall–Kier alpha value is -3.64. The smallest absolute Gasteiger partial charge is 0.119 e. The predicted molar refractivity (Wildman–Crippen MR) is 149 cm³/mol. The van der Waals surface area contributed by atoms with Crippen LogP contribution in [0.4, 0.5) is 5.69 Å². The van der Waals surface area contributed by atoms with Gasteiger partial charge in [-0.1, -0.05) is 62.4 Å². The van der Waals surface area contributed by atoms with E-state index in [1.807, 2.05) is 42.9 Å². The SMILES string of the molecule is CCCCOc1ccc(-c2cccc(/C=C\ONc3ccc(Sc4cncn4CCC)cc3)c2)cc1. The molecule has 0 saturated heterocycles. The van der Waals surface area contributed by atoms with Gasteiger partial charge in [-0.15, -0.1) is 0 Å². The number of benzene rings is 3. The largest absolute Gasteiger partial charge is 0.494 e. The Labute approximate surface area is 218 Å². The molecule has 1 heterocycles. The molecule has 0 unspecified atom stereocenters. The van der Waals surface area contributed by atoms with Crippen molar-refractivity contribution < 1.29 is 9.57 Å².